The van der Waals surface area contributed by atoms with Crippen molar-refractivity contribution in [2.24, 2.45) is 5.73 Å². The topological polar surface area (TPSA) is 55.1 Å². The molecule has 108 valence electrons. The lowest BCUT2D eigenvalue weighted by Crippen LogP contribution is -2.52. The summed E-state index contributed by atoms with van der Waals surface area (Å²) in [5.74, 6) is -0.745. The fraction of sp³-hybridized carbons (Fsp3) is 0.462. The standard InChI is InChI=1S/C13H18BrFN2O.ClH/c1-3-13(4-2,8-16)17-12(18)9-5-10(14)7-11(15)6-9;/h5-7H,3-4,8,16H2,1-2H3,(H,17,18);1H. The van der Waals surface area contributed by atoms with E-state index in [0.717, 1.165) is 12.8 Å². The van der Waals surface area contributed by atoms with Crippen molar-refractivity contribution in [2.75, 3.05) is 6.54 Å². The molecule has 0 spiro atoms. The highest BCUT2D eigenvalue weighted by atomic mass is 79.9. The highest BCUT2D eigenvalue weighted by molar-refractivity contribution is 9.10. The largest absolute Gasteiger partial charge is 0.345 e. The Bertz CT molecular complexity index is 410. The SMILES string of the molecule is CCC(CC)(CN)NC(=O)c1cc(F)cc(Br)c1.Cl. The van der Waals surface area contributed by atoms with Crippen molar-refractivity contribution in [1.82, 2.24) is 5.32 Å². The van der Waals surface area contributed by atoms with Crippen LogP contribution in [0.25, 0.3) is 0 Å². The van der Waals surface area contributed by atoms with Crippen LogP contribution in [0.3, 0.4) is 0 Å². The molecular formula is C13H19BrClFN2O. The van der Waals surface area contributed by atoms with Crippen LogP contribution < -0.4 is 11.1 Å². The summed E-state index contributed by atoms with van der Waals surface area (Å²) in [6.45, 7) is 4.30. The van der Waals surface area contributed by atoms with Crippen LogP contribution in [0.1, 0.15) is 37.0 Å². The van der Waals surface area contributed by atoms with Gasteiger partial charge < -0.3 is 11.1 Å². The molecule has 0 aliphatic carbocycles. The Labute approximate surface area is 127 Å². The van der Waals surface area contributed by atoms with Gasteiger partial charge in [-0.2, -0.15) is 0 Å². The Morgan fingerprint density at radius 2 is 1.95 bits per heavy atom. The van der Waals surface area contributed by atoms with Gasteiger partial charge in [0, 0.05) is 16.6 Å². The molecule has 3 nitrogen and oxygen atoms in total. The van der Waals surface area contributed by atoms with Gasteiger partial charge in [0.2, 0.25) is 0 Å². The van der Waals surface area contributed by atoms with E-state index in [1.54, 1.807) is 6.07 Å². The summed E-state index contributed by atoms with van der Waals surface area (Å²) in [5.41, 5.74) is 5.59. The number of carbonyl (C=O) groups excluding carboxylic acids is 1. The summed E-state index contributed by atoms with van der Waals surface area (Å²) in [7, 11) is 0. The first-order valence-electron chi connectivity index (χ1n) is 5.95. The van der Waals surface area contributed by atoms with E-state index >= 15 is 0 Å². The Balaban J connectivity index is 0.00000324. The molecule has 19 heavy (non-hydrogen) atoms. The van der Waals surface area contributed by atoms with Gasteiger partial charge >= 0.3 is 0 Å². The van der Waals surface area contributed by atoms with E-state index in [1.165, 1.54) is 12.1 Å². The quantitative estimate of drug-likeness (QED) is 0.853. The van der Waals surface area contributed by atoms with E-state index in [4.69, 9.17) is 5.73 Å². The van der Waals surface area contributed by atoms with Gasteiger partial charge in [0.05, 0.1) is 5.54 Å². The van der Waals surface area contributed by atoms with Gasteiger partial charge in [-0.15, -0.1) is 12.4 Å². The highest BCUT2D eigenvalue weighted by Gasteiger charge is 2.26. The molecule has 0 atom stereocenters. The van der Waals surface area contributed by atoms with Crippen LogP contribution in [0.4, 0.5) is 4.39 Å². The summed E-state index contributed by atoms with van der Waals surface area (Å²) in [6.07, 6.45) is 1.48. The van der Waals surface area contributed by atoms with Crippen molar-refractivity contribution >= 4 is 34.2 Å². The smallest absolute Gasteiger partial charge is 0.251 e. The first-order valence-corrected chi connectivity index (χ1v) is 6.74. The van der Waals surface area contributed by atoms with Gasteiger partial charge in [-0.1, -0.05) is 29.8 Å². The molecule has 0 unspecified atom stereocenters. The number of benzene rings is 1. The minimum absolute atomic E-state index is 0. The molecule has 1 aromatic rings. The normalized spacial score (nSPS) is 10.8. The predicted molar refractivity (Wildman–Crippen MR) is 81.2 cm³/mol. The van der Waals surface area contributed by atoms with E-state index in [1.807, 2.05) is 13.8 Å². The number of hydrogen-bond acceptors (Lipinski definition) is 2. The zero-order valence-corrected chi connectivity index (χ0v) is 13.4. The highest BCUT2D eigenvalue weighted by Crippen LogP contribution is 2.18. The zero-order chi connectivity index (χ0) is 13.8. The predicted octanol–water partition coefficient (Wildman–Crippen LogP) is 3.26. The second-order valence-corrected chi connectivity index (χ2v) is 5.22. The molecule has 0 aliphatic heterocycles. The molecular weight excluding hydrogens is 335 g/mol. The summed E-state index contributed by atoms with van der Waals surface area (Å²) >= 11 is 3.17. The molecule has 0 aliphatic rings. The number of halogens is 3. The molecule has 1 rings (SSSR count). The van der Waals surface area contributed by atoms with Gasteiger partial charge in [0.1, 0.15) is 5.82 Å². The lowest BCUT2D eigenvalue weighted by molar-refractivity contribution is 0.0894. The molecule has 6 heteroatoms. The molecule has 0 saturated heterocycles. The number of hydrogen-bond donors (Lipinski definition) is 2. The van der Waals surface area contributed by atoms with Crippen molar-refractivity contribution in [3.63, 3.8) is 0 Å². The molecule has 0 aromatic heterocycles. The van der Waals surface area contributed by atoms with Crippen LogP contribution in [-0.2, 0) is 0 Å². The molecule has 0 heterocycles. The minimum atomic E-state index is -0.444. The average molecular weight is 354 g/mol. The number of carbonyl (C=O) groups is 1. The molecule has 3 N–H and O–H groups in total. The maximum Gasteiger partial charge on any atom is 0.251 e. The number of nitrogens with two attached hydrogens (primary N) is 1. The van der Waals surface area contributed by atoms with Crippen molar-refractivity contribution < 1.29 is 9.18 Å². The molecule has 0 radical (unpaired) electrons. The van der Waals surface area contributed by atoms with Gasteiger partial charge in [0.15, 0.2) is 0 Å². The third-order valence-electron chi connectivity index (χ3n) is 3.25. The molecule has 1 amide bonds. The minimum Gasteiger partial charge on any atom is -0.345 e. The van der Waals surface area contributed by atoms with Gasteiger partial charge in [-0.25, -0.2) is 4.39 Å². The zero-order valence-electron chi connectivity index (χ0n) is 11.0. The second kappa shape index (κ2) is 7.82. The number of amides is 1. The molecule has 0 bridgehead atoms. The maximum absolute atomic E-state index is 13.2. The number of rotatable bonds is 5. The van der Waals surface area contributed by atoms with E-state index in [-0.39, 0.29) is 18.3 Å². The van der Waals surface area contributed by atoms with Crippen LogP contribution in [0, 0.1) is 5.82 Å². The van der Waals surface area contributed by atoms with E-state index in [2.05, 4.69) is 21.2 Å². The van der Waals surface area contributed by atoms with E-state index in [9.17, 15) is 9.18 Å². The van der Waals surface area contributed by atoms with Gasteiger partial charge in [0.25, 0.3) is 5.91 Å². The fourth-order valence-electron chi connectivity index (χ4n) is 1.76. The Morgan fingerprint density at radius 3 is 2.37 bits per heavy atom. The van der Waals surface area contributed by atoms with Crippen molar-refractivity contribution in [1.29, 1.82) is 0 Å². The average Bonchev–Trinajstić information content (AvgIpc) is 2.35. The second-order valence-electron chi connectivity index (χ2n) is 4.30. The fourth-order valence-corrected chi connectivity index (χ4v) is 2.23. The van der Waals surface area contributed by atoms with Gasteiger partial charge in [-0.3, -0.25) is 4.79 Å². The lowest BCUT2D eigenvalue weighted by Gasteiger charge is -2.31. The Kier molecular flexibility index (Phi) is 7.55. The third kappa shape index (κ3) is 4.75. The third-order valence-corrected chi connectivity index (χ3v) is 3.71. The first kappa shape index (κ1) is 18.4. The van der Waals surface area contributed by atoms with Crippen molar-refractivity contribution in [3.8, 4) is 0 Å². The summed E-state index contributed by atoms with van der Waals surface area (Å²) < 4.78 is 13.8. The van der Waals surface area contributed by atoms with Crippen LogP contribution in [0.2, 0.25) is 0 Å². The Morgan fingerprint density at radius 1 is 1.37 bits per heavy atom. The van der Waals surface area contributed by atoms with E-state index < -0.39 is 11.4 Å². The molecule has 0 fully saturated rings. The van der Waals surface area contributed by atoms with Crippen LogP contribution in [0.15, 0.2) is 22.7 Å². The van der Waals surface area contributed by atoms with Crippen molar-refractivity contribution in [2.45, 2.75) is 32.2 Å². The maximum atomic E-state index is 13.2. The molecule has 1 aromatic carbocycles. The monoisotopic (exact) mass is 352 g/mol. The first-order chi connectivity index (χ1) is 8.46. The van der Waals surface area contributed by atoms with Crippen LogP contribution in [0.5, 0.6) is 0 Å². The lowest BCUT2D eigenvalue weighted by atomic mass is 9.92. The Hall–Kier alpha value is -0.650. The summed E-state index contributed by atoms with van der Waals surface area (Å²) in [4.78, 5) is 12.1. The van der Waals surface area contributed by atoms with Crippen molar-refractivity contribution in [3.05, 3.63) is 34.1 Å². The van der Waals surface area contributed by atoms with Gasteiger partial charge in [-0.05, 0) is 31.0 Å². The van der Waals surface area contributed by atoms with E-state index in [0.29, 0.717) is 16.6 Å². The summed E-state index contributed by atoms with van der Waals surface area (Å²) in [5, 5.41) is 2.90. The summed E-state index contributed by atoms with van der Waals surface area (Å²) in [6, 6.07) is 4.12. The van der Waals surface area contributed by atoms with Crippen LogP contribution in [-0.4, -0.2) is 18.0 Å². The molecule has 0 saturated carbocycles. The number of nitrogens with one attached hydrogen (secondary N) is 1. The van der Waals surface area contributed by atoms with Crippen LogP contribution >= 0.6 is 28.3 Å².